The zero-order chi connectivity index (χ0) is 14.6. The molecule has 7 nitrogen and oxygen atoms in total. The second-order valence-electron chi connectivity index (χ2n) is 5.10. The van der Waals surface area contributed by atoms with Crippen LogP contribution in [0.2, 0.25) is 0 Å². The molecule has 1 saturated carbocycles. The van der Waals surface area contributed by atoms with Crippen molar-refractivity contribution >= 4 is 10.0 Å². The molecule has 0 bridgehead atoms. The molecule has 1 aliphatic rings. The molecule has 8 heteroatoms. The van der Waals surface area contributed by atoms with E-state index in [4.69, 9.17) is 10.5 Å². The van der Waals surface area contributed by atoms with E-state index < -0.39 is 10.0 Å². The van der Waals surface area contributed by atoms with Gasteiger partial charge in [0.15, 0.2) is 5.03 Å². The van der Waals surface area contributed by atoms with E-state index in [1.54, 1.807) is 7.05 Å². The van der Waals surface area contributed by atoms with Gasteiger partial charge in [0.1, 0.15) is 0 Å². The predicted octanol–water partition coefficient (Wildman–Crippen LogP) is -0.0151. The van der Waals surface area contributed by atoms with Crippen LogP contribution >= 0.6 is 0 Å². The fourth-order valence-electron chi connectivity index (χ4n) is 2.36. The summed E-state index contributed by atoms with van der Waals surface area (Å²) in [6.45, 7) is 0.632. The Kier molecular flexibility index (Phi) is 5.14. The topological polar surface area (TPSA) is 99.2 Å². The van der Waals surface area contributed by atoms with E-state index >= 15 is 0 Å². The van der Waals surface area contributed by atoms with E-state index in [1.807, 2.05) is 0 Å². The van der Waals surface area contributed by atoms with Gasteiger partial charge in [-0.2, -0.15) is 5.10 Å². The molecule has 1 aliphatic carbocycles. The van der Waals surface area contributed by atoms with Gasteiger partial charge in [0.25, 0.3) is 10.0 Å². The Balaban J connectivity index is 1.72. The number of nitrogens with one attached hydrogen (secondary N) is 1. The number of aryl methyl sites for hydroxylation is 1. The lowest BCUT2D eigenvalue weighted by atomic mass is 9.94. The molecule has 0 radical (unpaired) electrons. The van der Waals surface area contributed by atoms with Crippen LogP contribution in [0.25, 0.3) is 0 Å². The van der Waals surface area contributed by atoms with Crippen molar-refractivity contribution in [2.45, 2.75) is 42.9 Å². The molecule has 1 fully saturated rings. The average molecular weight is 302 g/mol. The van der Waals surface area contributed by atoms with Crippen molar-refractivity contribution in [2.24, 2.45) is 12.8 Å². The summed E-state index contributed by atoms with van der Waals surface area (Å²) in [4.78, 5) is 0. The SMILES string of the molecule is Cn1nccc1S(=O)(=O)NCCOC1CCC(N)CC1. The van der Waals surface area contributed by atoms with E-state index in [1.165, 1.54) is 16.9 Å². The maximum atomic E-state index is 12.0. The average Bonchev–Trinajstić information content (AvgIpc) is 2.84. The Morgan fingerprint density at radius 3 is 2.75 bits per heavy atom. The first-order valence-electron chi connectivity index (χ1n) is 6.84. The lowest BCUT2D eigenvalue weighted by molar-refractivity contribution is 0.0287. The highest BCUT2D eigenvalue weighted by molar-refractivity contribution is 7.89. The molecule has 0 atom stereocenters. The molecule has 3 N–H and O–H groups in total. The molecule has 0 aliphatic heterocycles. The minimum atomic E-state index is -3.51. The van der Waals surface area contributed by atoms with Crippen LogP contribution in [0.15, 0.2) is 17.3 Å². The summed E-state index contributed by atoms with van der Waals surface area (Å²) in [7, 11) is -1.92. The zero-order valence-electron chi connectivity index (χ0n) is 11.7. The summed E-state index contributed by atoms with van der Waals surface area (Å²) in [5, 5.41) is 4.00. The lowest BCUT2D eigenvalue weighted by Crippen LogP contribution is -2.33. The maximum absolute atomic E-state index is 12.0. The second-order valence-corrected chi connectivity index (χ2v) is 6.81. The number of hydrogen-bond acceptors (Lipinski definition) is 5. The molecule has 0 aromatic carbocycles. The fraction of sp³-hybridized carbons (Fsp3) is 0.750. The van der Waals surface area contributed by atoms with Gasteiger partial charge < -0.3 is 10.5 Å². The van der Waals surface area contributed by atoms with E-state index in [0.717, 1.165) is 25.7 Å². The molecule has 1 heterocycles. The summed E-state index contributed by atoms with van der Waals surface area (Å²) in [5.74, 6) is 0. The number of ether oxygens (including phenoxy) is 1. The van der Waals surface area contributed by atoms with Gasteiger partial charge >= 0.3 is 0 Å². The third-order valence-electron chi connectivity index (χ3n) is 3.52. The van der Waals surface area contributed by atoms with Gasteiger partial charge in [-0.15, -0.1) is 0 Å². The molecule has 2 rings (SSSR count). The van der Waals surface area contributed by atoms with Crippen LogP contribution in [0.1, 0.15) is 25.7 Å². The first kappa shape index (κ1) is 15.4. The fourth-order valence-corrected chi connectivity index (χ4v) is 3.49. The summed E-state index contributed by atoms with van der Waals surface area (Å²) >= 11 is 0. The van der Waals surface area contributed by atoms with Crippen LogP contribution in [0.5, 0.6) is 0 Å². The van der Waals surface area contributed by atoms with Crippen LogP contribution in [-0.4, -0.2) is 43.5 Å². The molecule has 114 valence electrons. The number of nitrogens with zero attached hydrogens (tertiary/aromatic N) is 2. The molecule has 20 heavy (non-hydrogen) atoms. The van der Waals surface area contributed by atoms with Crippen LogP contribution < -0.4 is 10.5 Å². The quantitative estimate of drug-likeness (QED) is 0.720. The zero-order valence-corrected chi connectivity index (χ0v) is 12.5. The minimum Gasteiger partial charge on any atom is -0.377 e. The van der Waals surface area contributed by atoms with Gasteiger partial charge in [0, 0.05) is 19.6 Å². The summed E-state index contributed by atoms with van der Waals surface area (Å²) in [5.41, 5.74) is 5.82. The Hall–Kier alpha value is -0.960. The molecule has 1 aromatic heterocycles. The molecule has 1 aromatic rings. The van der Waals surface area contributed by atoms with Gasteiger partial charge in [-0.25, -0.2) is 13.1 Å². The molecule has 0 saturated heterocycles. The standard InChI is InChI=1S/C12H22N4O3S/c1-16-12(6-7-14-16)20(17,18)15-8-9-19-11-4-2-10(13)3-5-11/h6-7,10-11,15H,2-5,8-9,13H2,1H3. The monoisotopic (exact) mass is 302 g/mol. The van der Waals surface area contributed by atoms with Crippen LogP contribution in [0, 0.1) is 0 Å². The number of rotatable bonds is 6. The van der Waals surface area contributed by atoms with Crippen molar-refractivity contribution in [1.29, 1.82) is 0 Å². The Morgan fingerprint density at radius 2 is 2.15 bits per heavy atom. The minimum absolute atomic E-state index is 0.154. The van der Waals surface area contributed by atoms with Gasteiger partial charge in [-0.3, -0.25) is 4.68 Å². The van der Waals surface area contributed by atoms with E-state index in [9.17, 15) is 8.42 Å². The molecule has 0 spiro atoms. The Morgan fingerprint density at radius 1 is 1.45 bits per heavy atom. The second kappa shape index (κ2) is 6.66. The van der Waals surface area contributed by atoms with Gasteiger partial charge in [-0.1, -0.05) is 0 Å². The van der Waals surface area contributed by atoms with Crippen molar-refractivity contribution < 1.29 is 13.2 Å². The van der Waals surface area contributed by atoms with Crippen molar-refractivity contribution in [2.75, 3.05) is 13.2 Å². The van der Waals surface area contributed by atoms with Crippen LogP contribution in [0.3, 0.4) is 0 Å². The van der Waals surface area contributed by atoms with Gasteiger partial charge in [0.05, 0.1) is 18.9 Å². The van der Waals surface area contributed by atoms with Crippen LogP contribution in [0.4, 0.5) is 0 Å². The Bertz CT molecular complexity index is 521. The highest BCUT2D eigenvalue weighted by Crippen LogP contribution is 2.19. The van der Waals surface area contributed by atoms with Gasteiger partial charge in [-0.05, 0) is 31.7 Å². The smallest absolute Gasteiger partial charge is 0.257 e. The van der Waals surface area contributed by atoms with Gasteiger partial charge in [0.2, 0.25) is 0 Å². The van der Waals surface area contributed by atoms with Crippen LogP contribution in [-0.2, 0) is 21.8 Å². The number of aromatic nitrogens is 2. The number of sulfonamides is 1. The summed E-state index contributed by atoms with van der Waals surface area (Å²) in [6, 6.07) is 1.75. The largest absolute Gasteiger partial charge is 0.377 e. The highest BCUT2D eigenvalue weighted by atomic mass is 32.2. The molecule has 0 unspecified atom stereocenters. The third kappa shape index (κ3) is 4.02. The molecular formula is C12H22N4O3S. The Labute approximate surface area is 119 Å². The molecular weight excluding hydrogens is 280 g/mol. The first-order valence-corrected chi connectivity index (χ1v) is 8.32. The lowest BCUT2D eigenvalue weighted by Gasteiger charge is -2.26. The summed E-state index contributed by atoms with van der Waals surface area (Å²) in [6.07, 6.45) is 5.52. The summed E-state index contributed by atoms with van der Waals surface area (Å²) < 4.78 is 33.4. The third-order valence-corrected chi connectivity index (χ3v) is 5.05. The highest BCUT2D eigenvalue weighted by Gasteiger charge is 2.20. The van der Waals surface area contributed by atoms with Crippen molar-refractivity contribution in [3.8, 4) is 0 Å². The van der Waals surface area contributed by atoms with Crippen molar-refractivity contribution in [3.63, 3.8) is 0 Å². The predicted molar refractivity (Wildman–Crippen MR) is 74.6 cm³/mol. The maximum Gasteiger partial charge on any atom is 0.257 e. The van der Waals surface area contributed by atoms with E-state index in [2.05, 4.69) is 9.82 Å². The number of hydrogen-bond donors (Lipinski definition) is 2. The van der Waals surface area contributed by atoms with Crippen molar-refractivity contribution in [3.05, 3.63) is 12.3 Å². The van der Waals surface area contributed by atoms with Crippen molar-refractivity contribution in [1.82, 2.24) is 14.5 Å². The first-order chi connectivity index (χ1) is 9.49. The molecule has 0 amide bonds. The van der Waals surface area contributed by atoms with E-state index in [-0.39, 0.29) is 23.7 Å². The normalized spacial score (nSPS) is 23.9. The number of nitrogens with two attached hydrogens (primary N) is 1. The van der Waals surface area contributed by atoms with E-state index in [0.29, 0.717) is 6.61 Å².